The zero-order valence-corrected chi connectivity index (χ0v) is 22.4. The van der Waals surface area contributed by atoms with Gasteiger partial charge in [0.25, 0.3) is 0 Å². The van der Waals surface area contributed by atoms with E-state index in [2.05, 4.69) is 5.32 Å². The largest absolute Gasteiger partial charge is 0.350 e. The summed E-state index contributed by atoms with van der Waals surface area (Å²) < 4.78 is 14.6. The van der Waals surface area contributed by atoms with Crippen LogP contribution >= 0.6 is 23.4 Å². The monoisotopic (exact) mass is 526 g/mol. The summed E-state index contributed by atoms with van der Waals surface area (Å²) in [5, 5.41) is 3.66. The Morgan fingerprint density at radius 3 is 2.19 bits per heavy atom. The molecule has 2 amide bonds. The van der Waals surface area contributed by atoms with Gasteiger partial charge in [0, 0.05) is 34.8 Å². The van der Waals surface area contributed by atoms with E-state index < -0.39 is 17.4 Å². The normalized spacial score (nSPS) is 12.1. The first-order valence-electron chi connectivity index (χ1n) is 11.8. The molecule has 0 heterocycles. The molecule has 0 radical (unpaired) electrons. The Kier molecular flexibility index (Phi) is 9.97. The van der Waals surface area contributed by atoms with Gasteiger partial charge in [-0.25, -0.2) is 4.39 Å². The second kappa shape index (κ2) is 12.9. The zero-order valence-electron chi connectivity index (χ0n) is 20.8. The summed E-state index contributed by atoms with van der Waals surface area (Å²) in [4.78, 5) is 28.6. The van der Waals surface area contributed by atoms with Crippen molar-refractivity contribution < 1.29 is 14.0 Å². The van der Waals surface area contributed by atoms with Gasteiger partial charge >= 0.3 is 0 Å². The number of rotatable bonds is 10. The number of thioether (sulfide) groups is 1. The maximum absolute atomic E-state index is 14.6. The second-order valence-corrected chi connectivity index (χ2v) is 11.0. The smallest absolute Gasteiger partial charge is 0.243 e. The van der Waals surface area contributed by atoms with Crippen LogP contribution in [-0.4, -0.2) is 34.0 Å². The molecule has 3 rings (SSSR count). The van der Waals surface area contributed by atoms with Gasteiger partial charge in [-0.2, -0.15) is 0 Å². The lowest BCUT2D eigenvalue weighted by Gasteiger charge is -2.34. The molecule has 190 valence electrons. The van der Waals surface area contributed by atoms with Crippen molar-refractivity contribution in [2.45, 2.75) is 51.1 Å². The van der Waals surface area contributed by atoms with Crippen LogP contribution in [0.4, 0.5) is 4.39 Å². The van der Waals surface area contributed by atoms with Crippen LogP contribution in [0.3, 0.4) is 0 Å². The van der Waals surface area contributed by atoms with Crippen molar-refractivity contribution in [1.82, 2.24) is 10.2 Å². The molecule has 0 bridgehead atoms. The Morgan fingerprint density at radius 1 is 0.944 bits per heavy atom. The summed E-state index contributed by atoms with van der Waals surface area (Å²) in [5.74, 6) is -0.231. The quantitative estimate of drug-likeness (QED) is 0.339. The number of nitrogens with zero attached hydrogens (tertiary/aromatic N) is 1. The number of nitrogens with one attached hydrogen (secondary N) is 1. The molecule has 0 aliphatic carbocycles. The van der Waals surface area contributed by atoms with E-state index in [-0.39, 0.29) is 24.1 Å². The molecule has 0 fully saturated rings. The van der Waals surface area contributed by atoms with Crippen LogP contribution in [0, 0.1) is 5.82 Å². The first-order valence-corrected chi connectivity index (χ1v) is 13.4. The highest BCUT2D eigenvalue weighted by molar-refractivity contribution is 7.99. The second-order valence-electron chi connectivity index (χ2n) is 9.64. The summed E-state index contributed by atoms with van der Waals surface area (Å²) >= 11 is 7.69. The molecule has 0 aromatic heterocycles. The summed E-state index contributed by atoms with van der Waals surface area (Å²) in [7, 11) is 0. The van der Waals surface area contributed by atoms with Crippen molar-refractivity contribution in [3.8, 4) is 0 Å². The van der Waals surface area contributed by atoms with Crippen LogP contribution in [0.15, 0.2) is 78.9 Å². The number of hydrogen-bond acceptors (Lipinski definition) is 3. The van der Waals surface area contributed by atoms with Gasteiger partial charge in [0.05, 0.1) is 5.75 Å². The predicted octanol–water partition coefficient (Wildman–Crippen LogP) is 6.27. The molecule has 0 aliphatic heterocycles. The van der Waals surface area contributed by atoms with Gasteiger partial charge < -0.3 is 10.2 Å². The highest BCUT2D eigenvalue weighted by Gasteiger charge is 2.32. The molecule has 3 aromatic carbocycles. The molecule has 3 aromatic rings. The molecule has 1 N–H and O–H groups in total. The molecule has 0 saturated carbocycles. The van der Waals surface area contributed by atoms with Crippen molar-refractivity contribution in [2.24, 2.45) is 0 Å². The third-order valence-corrected chi connectivity index (χ3v) is 6.84. The first kappa shape index (κ1) is 27.8. The molecule has 0 spiro atoms. The van der Waals surface area contributed by atoms with Crippen molar-refractivity contribution in [3.63, 3.8) is 0 Å². The topological polar surface area (TPSA) is 49.4 Å². The summed E-state index contributed by atoms with van der Waals surface area (Å²) in [6.45, 7) is 5.68. The Hall–Kier alpha value is -2.83. The van der Waals surface area contributed by atoms with Gasteiger partial charge in [0.1, 0.15) is 11.9 Å². The Balaban J connectivity index is 1.89. The summed E-state index contributed by atoms with van der Waals surface area (Å²) in [5.41, 5.74) is 1.73. The fourth-order valence-electron chi connectivity index (χ4n) is 3.76. The van der Waals surface area contributed by atoms with E-state index in [1.165, 1.54) is 22.7 Å². The van der Waals surface area contributed by atoms with E-state index in [0.717, 1.165) is 11.1 Å². The molecule has 36 heavy (non-hydrogen) atoms. The third kappa shape index (κ3) is 8.38. The van der Waals surface area contributed by atoms with E-state index >= 15 is 0 Å². The van der Waals surface area contributed by atoms with Crippen molar-refractivity contribution in [1.29, 1.82) is 0 Å². The van der Waals surface area contributed by atoms with Crippen LogP contribution < -0.4 is 5.32 Å². The number of halogens is 2. The Morgan fingerprint density at radius 2 is 1.56 bits per heavy atom. The molecule has 0 unspecified atom stereocenters. The Labute approximate surface area is 222 Å². The number of hydrogen-bond donors (Lipinski definition) is 1. The lowest BCUT2D eigenvalue weighted by molar-refractivity contribution is -0.140. The molecular formula is C29H32ClFN2O2S. The average Bonchev–Trinajstić information content (AvgIpc) is 2.83. The van der Waals surface area contributed by atoms with Crippen molar-refractivity contribution in [3.05, 3.63) is 106 Å². The molecule has 7 heteroatoms. The number of amides is 2. The lowest BCUT2D eigenvalue weighted by Crippen LogP contribution is -2.54. The van der Waals surface area contributed by atoms with E-state index in [9.17, 15) is 14.0 Å². The SMILES string of the molecule is CC(C)(C)NC(=O)[C@H](Cc1ccccc1)N(Cc1ccccc1F)C(=O)CSCc1ccccc1Cl. The highest BCUT2D eigenvalue weighted by Crippen LogP contribution is 2.23. The minimum Gasteiger partial charge on any atom is -0.350 e. The Bertz CT molecular complexity index is 1170. The molecule has 0 saturated heterocycles. The van der Waals surface area contributed by atoms with Gasteiger partial charge in [-0.15, -0.1) is 11.8 Å². The lowest BCUT2D eigenvalue weighted by atomic mass is 10.0. The van der Waals surface area contributed by atoms with Gasteiger partial charge in [0.15, 0.2) is 0 Å². The first-order chi connectivity index (χ1) is 17.1. The maximum atomic E-state index is 14.6. The van der Waals surface area contributed by atoms with E-state index in [1.54, 1.807) is 18.2 Å². The van der Waals surface area contributed by atoms with E-state index in [4.69, 9.17) is 11.6 Å². The average molecular weight is 527 g/mol. The predicted molar refractivity (Wildman–Crippen MR) is 146 cm³/mol. The molecule has 0 aliphatic rings. The minimum atomic E-state index is -0.806. The third-order valence-electron chi connectivity index (χ3n) is 5.51. The van der Waals surface area contributed by atoms with Crippen molar-refractivity contribution >= 4 is 35.2 Å². The van der Waals surface area contributed by atoms with Crippen LogP contribution in [0.2, 0.25) is 5.02 Å². The fourth-order valence-corrected chi connectivity index (χ4v) is 4.96. The molecular weight excluding hydrogens is 495 g/mol. The van der Waals surface area contributed by atoms with E-state index in [0.29, 0.717) is 22.8 Å². The van der Waals surface area contributed by atoms with Gasteiger partial charge in [-0.1, -0.05) is 78.3 Å². The van der Waals surface area contributed by atoms with Gasteiger partial charge in [-0.3, -0.25) is 9.59 Å². The van der Waals surface area contributed by atoms with Crippen LogP contribution in [-0.2, 0) is 28.3 Å². The standard InChI is InChI=1S/C29H32ClFN2O2S/c1-29(2,3)32-28(35)26(17-21-11-5-4-6-12-21)33(18-22-13-8-10-16-25(22)31)27(34)20-36-19-23-14-7-9-15-24(23)30/h4-16,26H,17-20H2,1-3H3,(H,32,35)/t26-/m0/s1. The maximum Gasteiger partial charge on any atom is 0.243 e. The summed E-state index contributed by atoms with van der Waals surface area (Å²) in [6, 6.07) is 22.6. The van der Waals surface area contributed by atoms with Crippen LogP contribution in [0.1, 0.15) is 37.5 Å². The molecule has 4 nitrogen and oxygen atoms in total. The molecule has 1 atom stereocenters. The van der Waals surface area contributed by atoms with Crippen LogP contribution in [0.5, 0.6) is 0 Å². The highest BCUT2D eigenvalue weighted by atomic mass is 35.5. The summed E-state index contributed by atoms with van der Waals surface area (Å²) in [6.07, 6.45) is 0.318. The van der Waals surface area contributed by atoms with E-state index in [1.807, 2.05) is 75.4 Å². The zero-order chi connectivity index (χ0) is 26.1. The van der Waals surface area contributed by atoms with Gasteiger partial charge in [0.2, 0.25) is 11.8 Å². The number of benzene rings is 3. The fraction of sp³-hybridized carbons (Fsp3) is 0.310. The number of carbonyl (C=O) groups is 2. The number of carbonyl (C=O) groups excluding carboxylic acids is 2. The minimum absolute atomic E-state index is 0.00672. The van der Waals surface area contributed by atoms with Crippen molar-refractivity contribution in [2.75, 3.05) is 5.75 Å². The van der Waals surface area contributed by atoms with Crippen LogP contribution in [0.25, 0.3) is 0 Å². The van der Waals surface area contributed by atoms with Gasteiger partial charge in [-0.05, 0) is 44.0 Å².